The largest absolute Gasteiger partial charge is 0.341 e. The molecule has 1 atom stereocenters. The minimum atomic E-state index is -0.608. The van der Waals surface area contributed by atoms with Gasteiger partial charge in [0.1, 0.15) is 17.2 Å². The fraction of sp³-hybridized carbons (Fsp3) is 0.267. The Hall–Kier alpha value is -1.75. The third kappa shape index (κ3) is 1.77. The SMILES string of the molecule is Fc1cc(F)c2nc(C3CCCc4sccc43)[nH]c2c1. The third-order valence-electron chi connectivity index (χ3n) is 3.91. The molecular formula is C15H12F2N2S. The van der Waals surface area contributed by atoms with E-state index in [0.717, 1.165) is 31.2 Å². The minimum absolute atomic E-state index is 0.167. The molecule has 1 unspecified atom stereocenters. The van der Waals surface area contributed by atoms with Gasteiger partial charge in [-0.05, 0) is 42.3 Å². The van der Waals surface area contributed by atoms with E-state index in [1.807, 2.05) is 0 Å². The molecule has 4 rings (SSSR count). The van der Waals surface area contributed by atoms with Gasteiger partial charge < -0.3 is 4.98 Å². The molecule has 0 amide bonds. The second-order valence-electron chi connectivity index (χ2n) is 5.15. The van der Waals surface area contributed by atoms with Gasteiger partial charge in [-0.2, -0.15) is 0 Å². The van der Waals surface area contributed by atoms with Crippen molar-refractivity contribution in [1.29, 1.82) is 0 Å². The van der Waals surface area contributed by atoms with Gasteiger partial charge in [0.15, 0.2) is 5.82 Å². The predicted molar refractivity (Wildman–Crippen MR) is 75.1 cm³/mol. The molecule has 1 aromatic carbocycles. The van der Waals surface area contributed by atoms with Gasteiger partial charge in [-0.1, -0.05) is 0 Å². The molecule has 3 aromatic rings. The first-order valence-electron chi connectivity index (χ1n) is 6.63. The van der Waals surface area contributed by atoms with Crippen LogP contribution in [0.25, 0.3) is 11.0 Å². The number of nitrogens with zero attached hydrogens (tertiary/aromatic N) is 1. The number of aromatic nitrogens is 2. The van der Waals surface area contributed by atoms with E-state index in [4.69, 9.17) is 0 Å². The van der Waals surface area contributed by atoms with Crippen molar-refractivity contribution >= 4 is 22.4 Å². The summed E-state index contributed by atoms with van der Waals surface area (Å²) < 4.78 is 27.0. The van der Waals surface area contributed by atoms with Crippen LogP contribution in [0.4, 0.5) is 8.78 Å². The normalized spacial score (nSPS) is 18.4. The maximum absolute atomic E-state index is 13.7. The highest BCUT2D eigenvalue weighted by atomic mass is 32.1. The number of hydrogen-bond donors (Lipinski definition) is 1. The van der Waals surface area contributed by atoms with E-state index in [-0.39, 0.29) is 11.4 Å². The van der Waals surface area contributed by atoms with Crippen LogP contribution < -0.4 is 0 Å². The predicted octanol–water partition coefficient (Wildman–Crippen LogP) is 4.37. The van der Waals surface area contributed by atoms with Crippen molar-refractivity contribution in [2.24, 2.45) is 0 Å². The molecule has 0 saturated carbocycles. The van der Waals surface area contributed by atoms with Crippen molar-refractivity contribution in [3.05, 3.63) is 51.5 Å². The minimum Gasteiger partial charge on any atom is -0.341 e. The number of rotatable bonds is 1. The summed E-state index contributed by atoms with van der Waals surface area (Å²) in [5.74, 6) is -0.280. The van der Waals surface area contributed by atoms with E-state index in [0.29, 0.717) is 5.52 Å². The number of benzene rings is 1. The molecule has 1 aliphatic rings. The Morgan fingerprint density at radius 1 is 1.30 bits per heavy atom. The molecule has 20 heavy (non-hydrogen) atoms. The highest BCUT2D eigenvalue weighted by Gasteiger charge is 2.25. The molecule has 2 heterocycles. The second kappa shape index (κ2) is 4.38. The summed E-state index contributed by atoms with van der Waals surface area (Å²) >= 11 is 1.76. The molecule has 0 saturated heterocycles. The molecule has 1 aliphatic carbocycles. The lowest BCUT2D eigenvalue weighted by Gasteiger charge is -2.20. The average Bonchev–Trinajstić information content (AvgIpc) is 3.03. The number of aryl methyl sites for hydroxylation is 1. The van der Waals surface area contributed by atoms with Gasteiger partial charge in [-0.3, -0.25) is 0 Å². The number of nitrogens with one attached hydrogen (secondary N) is 1. The van der Waals surface area contributed by atoms with Crippen molar-refractivity contribution in [2.45, 2.75) is 25.2 Å². The van der Waals surface area contributed by atoms with Crippen LogP contribution in [0.1, 0.15) is 35.0 Å². The number of thiophene rings is 1. The quantitative estimate of drug-likeness (QED) is 0.708. The first-order valence-corrected chi connectivity index (χ1v) is 7.51. The zero-order valence-electron chi connectivity index (χ0n) is 10.6. The maximum atomic E-state index is 13.7. The summed E-state index contributed by atoms with van der Waals surface area (Å²) in [7, 11) is 0. The van der Waals surface area contributed by atoms with Crippen LogP contribution in [0.5, 0.6) is 0 Å². The lowest BCUT2D eigenvalue weighted by Crippen LogP contribution is -2.09. The Balaban J connectivity index is 1.86. The van der Waals surface area contributed by atoms with Crippen molar-refractivity contribution < 1.29 is 8.78 Å². The van der Waals surface area contributed by atoms with Gasteiger partial charge in [-0.15, -0.1) is 11.3 Å². The van der Waals surface area contributed by atoms with Crippen LogP contribution >= 0.6 is 11.3 Å². The summed E-state index contributed by atoms with van der Waals surface area (Å²) in [5, 5.41) is 2.09. The zero-order chi connectivity index (χ0) is 13.7. The summed E-state index contributed by atoms with van der Waals surface area (Å²) in [5.41, 5.74) is 1.93. The van der Waals surface area contributed by atoms with Gasteiger partial charge in [-0.25, -0.2) is 13.8 Å². The summed E-state index contributed by atoms with van der Waals surface area (Å²) in [6.07, 6.45) is 3.20. The van der Waals surface area contributed by atoms with Gasteiger partial charge in [0.05, 0.1) is 5.52 Å². The fourth-order valence-corrected chi connectivity index (χ4v) is 3.98. The summed E-state index contributed by atoms with van der Waals surface area (Å²) in [4.78, 5) is 8.84. The molecule has 0 bridgehead atoms. The lowest BCUT2D eigenvalue weighted by atomic mass is 9.87. The highest BCUT2D eigenvalue weighted by molar-refractivity contribution is 7.10. The molecule has 0 radical (unpaired) electrons. The van der Waals surface area contributed by atoms with E-state index in [2.05, 4.69) is 21.4 Å². The maximum Gasteiger partial charge on any atom is 0.153 e. The van der Waals surface area contributed by atoms with Crippen molar-refractivity contribution in [2.75, 3.05) is 0 Å². The van der Waals surface area contributed by atoms with Gasteiger partial charge in [0.2, 0.25) is 0 Å². The number of hydrogen-bond acceptors (Lipinski definition) is 2. The lowest BCUT2D eigenvalue weighted by molar-refractivity contribution is 0.589. The number of imidazole rings is 1. The van der Waals surface area contributed by atoms with Crippen LogP contribution in [0.15, 0.2) is 23.6 Å². The average molecular weight is 290 g/mol. The molecule has 102 valence electrons. The topological polar surface area (TPSA) is 28.7 Å². The highest BCUT2D eigenvalue weighted by Crippen LogP contribution is 2.38. The molecule has 2 aromatic heterocycles. The van der Waals surface area contributed by atoms with Crippen molar-refractivity contribution in [3.63, 3.8) is 0 Å². The first kappa shape index (κ1) is 12.0. The van der Waals surface area contributed by atoms with Gasteiger partial charge in [0.25, 0.3) is 0 Å². The number of H-pyrrole nitrogens is 1. The summed E-state index contributed by atoms with van der Waals surface area (Å²) in [6, 6.07) is 4.30. The smallest absolute Gasteiger partial charge is 0.153 e. The zero-order valence-corrected chi connectivity index (χ0v) is 11.4. The molecule has 0 aliphatic heterocycles. The van der Waals surface area contributed by atoms with Gasteiger partial charge in [0, 0.05) is 16.9 Å². The Labute approximate surface area is 118 Å². The second-order valence-corrected chi connectivity index (χ2v) is 6.15. The molecule has 2 nitrogen and oxygen atoms in total. The molecule has 0 spiro atoms. The van der Waals surface area contributed by atoms with E-state index in [1.54, 1.807) is 11.3 Å². The van der Waals surface area contributed by atoms with E-state index >= 15 is 0 Å². The molecule has 5 heteroatoms. The van der Waals surface area contributed by atoms with Crippen LogP contribution in [0.2, 0.25) is 0 Å². The van der Waals surface area contributed by atoms with Gasteiger partial charge >= 0.3 is 0 Å². The van der Waals surface area contributed by atoms with E-state index < -0.39 is 11.6 Å². The Kier molecular flexibility index (Phi) is 2.63. The fourth-order valence-electron chi connectivity index (χ4n) is 3.00. The summed E-state index contributed by atoms with van der Waals surface area (Å²) in [6.45, 7) is 0. The van der Waals surface area contributed by atoms with Crippen LogP contribution in [0.3, 0.4) is 0 Å². The van der Waals surface area contributed by atoms with Crippen LogP contribution in [0, 0.1) is 11.6 Å². The Morgan fingerprint density at radius 2 is 2.20 bits per heavy atom. The molecular weight excluding hydrogens is 278 g/mol. The van der Waals surface area contributed by atoms with E-state index in [1.165, 1.54) is 16.5 Å². The van der Waals surface area contributed by atoms with Crippen molar-refractivity contribution in [1.82, 2.24) is 9.97 Å². The third-order valence-corrected chi connectivity index (χ3v) is 4.90. The van der Waals surface area contributed by atoms with Crippen LogP contribution in [-0.4, -0.2) is 9.97 Å². The first-order chi connectivity index (χ1) is 9.72. The Morgan fingerprint density at radius 3 is 3.10 bits per heavy atom. The monoisotopic (exact) mass is 290 g/mol. The standard InChI is InChI=1S/C15H12F2N2S/c16-8-6-11(17)14-12(7-8)18-15(19-14)10-2-1-3-13-9(10)4-5-20-13/h4-7,10H,1-3H2,(H,18,19). The molecule has 0 fully saturated rings. The van der Waals surface area contributed by atoms with Crippen molar-refractivity contribution in [3.8, 4) is 0 Å². The van der Waals surface area contributed by atoms with E-state index in [9.17, 15) is 8.78 Å². The number of halogens is 2. The van der Waals surface area contributed by atoms with Crippen LogP contribution in [-0.2, 0) is 6.42 Å². The number of aromatic amines is 1. The Bertz CT molecular complexity index is 790. The molecule has 1 N–H and O–H groups in total. The number of fused-ring (bicyclic) bond motifs is 2.